The normalized spacial score (nSPS) is 11.6. The molecule has 0 N–H and O–H groups in total. The molecule has 2 heterocycles. The third-order valence-corrected chi connectivity index (χ3v) is 9.73. The molecule has 0 bridgehead atoms. The average Bonchev–Trinajstić information content (AvgIpc) is 3.68. The molecular weight excluding hydrogens is 553 g/mol. The summed E-state index contributed by atoms with van der Waals surface area (Å²) in [6, 6.07) is 56.9. The highest BCUT2D eigenvalue weighted by molar-refractivity contribution is 7.21. The monoisotopic (exact) mass is 578 g/mol. The first-order chi connectivity index (χ1) is 21.8. The van der Waals surface area contributed by atoms with Crippen LogP contribution >= 0.6 is 11.3 Å². The molecule has 0 aliphatic carbocycles. The molecule has 0 unspecified atom stereocenters. The number of para-hydroxylation sites is 2. The maximum Gasteiger partial charge on any atom is 0.124 e. The lowest BCUT2D eigenvalue weighted by molar-refractivity contribution is 1.18. The second-order valence-electron chi connectivity index (χ2n) is 11.3. The van der Waals surface area contributed by atoms with Gasteiger partial charge in [0.15, 0.2) is 0 Å². The Morgan fingerprint density at radius 3 is 1.86 bits per heavy atom. The zero-order valence-corrected chi connectivity index (χ0v) is 24.6. The lowest BCUT2D eigenvalue weighted by Crippen LogP contribution is -1.93. The number of nitrogens with zero attached hydrogens (tertiary/aromatic N) is 2. The van der Waals surface area contributed by atoms with Crippen molar-refractivity contribution in [2.24, 2.45) is 0 Å². The van der Waals surface area contributed by atoms with Gasteiger partial charge in [0.2, 0.25) is 0 Å². The van der Waals surface area contributed by atoms with Crippen LogP contribution in [0.15, 0.2) is 158 Å². The maximum atomic E-state index is 4.86. The van der Waals surface area contributed by atoms with Crippen molar-refractivity contribution in [1.82, 2.24) is 9.55 Å². The Labute approximate surface area is 259 Å². The molecule has 7 aromatic carbocycles. The van der Waals surface area contributed by atoms with Crippen molar-refractivity contribution in [2.75, 3.05) is 0 Å². The molecule has 0 amide bonds. The summed E-state index contributed by atoms with van der Waals surface area (Å²) in [7, 11) is 0. The van der Waals surface area contributed by atoms with E-state index in [0.717, 1.165) is 21.8 Å². The van der Waals surface area contributed by atoms with E-state index in [4.69, 9.17) is 4.98 Å². The highest BCUT2D eigenvalue weighted by Crippen LogP contribution is 2.37. The molecule has 2 aromatic heterocycles. The number of rotatable bonds is 4. The van der Waals surface area contributed by atoms with Crippen LogP contribution in [-0.2, 0) is 0 Å². The van der Waals surface area contributed by atoms with Gasteiger partial charge in [-0.15, -0.1) is 11.3 Å². The van der Waals surface area contributed by atoms with E-state index in [1.807, 2.05) is 6.07 Å². The number of benzene rings is 7. The van der Waals surface area contributed by atoms with Crippen molar-refractivity contribution in [3.05, 3.63) is 158 Å². The zero-order valence-electron chi connectivity index (χ0n) is 23.8. The quantitative estimate of drug-likeness (QED) is 0.203. The minimum absolute atomic E-state index is 1.05. The van der Waals surface area contributed by atoms with Crippen LogP contribution in [0.4, 0.5) is 0 Å². The highest BCUT2D eigenvalue weighted by atomic mass is 32.1. The average molecular weight is 579 g/mol. The Bertz CT molecular complexity index is 2450. The van der Waals surface area contributed by atoms with Crippen molar-refractivity contribution < 1.29 is 0 Å². The molecular formula is C41H26N2S. The topological polar surface area (TPSA) is 17.8 Å². The summed E-state index contributed by atoms with van der Waals surface area (Å²) in [5.74, 6) is 0. The third kappa shape index (κ3) is 4.13. The molecule has 0 spiro atoms. The minimum Gasteiger partial charge on any atom is -0.309 e. The molecule has 3 heteroatoms. The van der Waals surface area contributed by atoms with Crippen molar-refractivity contribution in [3.8, 4) is 38.5 Å². The summed E-state index contributed by atoms with van der Waals surface area (Å²) in [5.41, 5.74) is 10.7. The first-order valence-electron chi connectivity index (χ1n) is 14.9. The lowest BCUT2D eigenvalue weighted by atomic mass is 9.97. The highest BCUT2D eigenvalue weighted by Gasteiger charge is 2.14. The maximum absolute atomic E-state index is 4.86. The van der Waals surface area contributed by atoms with Gasteiger partial charge < -0.3 is 4.57 Å². The van der Waals surface area contributed by atoms with Gasteiger partial charge in [-0.2, -0.15) is 0 Å². The standard InChI is InChI=1S/C41H26N2S/c1-2-8-31-25-32(18-17-27(31)7-1)28-13-15-29(16-14-28)33-21-24-39-36(26-33)35-9-3-5-11-38(35)43(39)34-22-19-30(20-23-34)41-42-37-10-4-6-12-40(37)44-41/h1-26H. The molecule has 206 valence electrons. The Balaban J connectivity index is 1.09. The molecule has 9 aromatic rings. The van der Waals surface area contributed by atoms with Crippen molar-refractivity contribution in [2.45, 2.75) is 0 Å². The van der Waals surface area contributed by atoms with Gasteiger partial charge in [-0.25, -0.2) is 4.98 Å². The third-order valence-electron chi connectivity index (χ3n) is 8.64. The van der Waals surface area contributed by atoms with Gasteiger partial charge in [0.25, 0.3) is 0 Å². The van der Waals surface area contributed by atoms with E-state index >= 15 is 0 Å². The van der Waals surface area contributed by atoms with Gasteiger partial charge in [0.05, 0.1) is 21.3 Å². The number of aromatic nitrogens is 2. The van der Waals surface area contributed by atoms with Crippen LogP contribution in [0.2, 0.25) is 0 Å². The van der Waals surface area contributed by atoms with Crippen LogP contribution in [0.25, 0.3) is 81.3 Å². The van der Waals surface area contributed by atoms with E-state index in [-0.39, 0.29) is 0 Å². The summed E-state index contributed by atoms with van der Waals surface area (Å²) < 4.78 is 3.59. The predicted molar refractivity (Wildman–Crippen MR) is 188 cm³/mol. The second-order valence-corrected chi connectivity index (χ2v) is 12.3. The SMILES string of the molecule is c1ccc2cc(-c3ccc(-c4ccc5c(c4)c4ccccc4n5-c4ccc(-c5nc6ccccc6s5)cc4)cc3)ccc2c1. The number of thiazole rings is 1. The Kier molecular flexibility index (Phi) is 5.71. The van der Waals surface area contributed by atoms with Crippen LogP contribution in [0.1, 0.15) is 0 Å². The Morgan fingerprint density at radius 1 is 0.432 bits per heavy atom. The van der Waals surface area contributed by atoms with Gasteiger partial charge in [0, 0.05) is 22.0 Å². The molecule has 44 heavy (non-hydrogen) atoms. The van der Waals surface area contributed by atoms with Crippen molar-refractivity contribution in [1.29, 1.82) is 0 Å². The van der Waals surface area contributed by atoms with Crippen LogP contribution in [0, 0.1) is 0 Å². The van der Waals surface area contributed by atoms with Gasteiger partial charge >= 0.3 is 0 Å². The van der Waals surface area contributed by atoms with Crippen LogP contribution < -0.4 is 0 Å². The zero-order chi connectivity index (χ0) is 29.0. The molecule has 0 fully saturated rings. The van der Waals surface area contributed by atoms with Gasteiger partial charge in [-0.3, -0.25) is 0 Å². The van der Waals surface area contributed by atoms with Crippen LogP contribution in [0.3, 0.4) is 0 Å². The first-order valence-corrected chi connectivity index (χ1v) is 15.7. The molecule has 0 saturated heterocycles. The largest absolute Gasteiger partial charge is 0.309 e. The molecule has 0 radical (unpaired) electrons. The first kappa shape index (κ1) is 25.0. The van der Waals surface area contributed by atoms with Gasteiger partial charge in [-0.1, -0.05) is 97.1 Å². The molecule has 9 rings (SSSR count). The fourth-order valence-electron chi connectivity index (χ4n) is 6.40. The minimum atomic E-state index is 1.05. The molecule has 0 aliphatic heterocycles. The number of hydrogen-bond donors (Lipinski definition) is 0. The van der Waals surface area contributed by atoms with E-state index in [1.54, 1.807) is 11.3 Å². The lowest BCUT2D eigenvalue weighted by Gasteiger charge is -2.09. The molecule has 0 atom stereocenters. The number of hydrogen-bond acceptors (Lipinski definition) is 2. The molecule has 0 aliphatic rings. The van der Waals surface area contributed by atoms with E-state index in [1.165, 1.54) is 59.5 Å². The Morgan fingerprint density at radius 2 is 1.05 bits per heavy atom. The molecule has 0 saturated carbocycles. The summed E-state index contributed by atoms with van der Waals surface area (Å²) in [6.07, 6.45) is 0. The van der Waals surface area contributed by atoms with Gasteiger partial charge in [-0.05, 0) is 93.7 Å². The smallest absolute Gasteiger partial charge is 0.124 e. The van der Waals surface area contributed by atoms with Crippen LogP contribution in [0.5, 0.6) is 0 Å². The van der Waals surface area contributed by atoms with E-state index < -0.39 is 0 Å². The Hall–Kier alpha value is -5.51. The van der Waals surface area contributed by atoms with E-state index in [2.05, 4.69) is 156 Å². The van der Waals surface area contributed by atoms with Crippen molar-refractivity contribution >= 4 is 54.1 Å². The predicted octanol–water partition coefficient (Wildman–Crippen LogP) is 11.5. The number of fused-ring (bicyclic) bond motifs is 5. The fourth-order valence-corrected chi connectivity index (χ4v) is 7.37. The summed E-state index contributed by atoms with van der Waals surface area (Å²) in [4.78, 5) is 4.86. The fraction of sp³-hybridized carbons (Fsp3) is 0. The summed E-state index contributed by atoms with van der Waals surface area (Å²) >= 11 is 1.74. The van der Waals surface area contributed by atoms with Crippen LogP contribution in [-0.4, -0.2) is 9.55 Å². The summed E-state index contributed by atoms with van der Waals surface area (Å²) in [6.45, 7) is 0. The second kappa shape index (κ2) is 10.0. The van der Waals surface area contributed by atoms with Crippen molar-refractivity contribution in [3.63, 3.8) is 0 Å². The van der Waals surface area contributed by atoms with E-state index in [9.17, 15) is 0 Å². The van der Waals surface area contributed by atoms with E-state index in [0.29, 0.717) is 0 Å². The van der Waals surface area contributed by atoms with Gasteiger partial charge in [0.1, 0.15) is 5.01 Å². The molecule has 2 nitrogen and oxygen atoms in total. The summed E-state index contributed by atoms with van der Waals surface area (Å²) in [5, 5.41) is 6.10.